The van der Waals surface area contributed by atoms with Gasteiger partial charge < -0.3 is 21.1 Å². The second-order valence-electron chi connectivity index (χ2n) is 10.9. The molecule has 1 heterocycles. The van der Waals surface area contributed by atoms with E-state index in [9.17, 15) is 63.1 Å². The van der Waals surface area contributed by atoms with Crippen LogP contribution >= 0.6 is 11.6 Å². The van der Waals surface area contributed by atoms with Gasteiger partial charge >= 0.3 is 35.8 Å². The Kier molecular flexibility index (Phi) is 11.7. The average molecular weight is 796 g/mol. The number of hydrogen-bond acceptors (Lipinski definition) is 7. The first-order chi connectivity index (χ1) is 25.1. The van der Waals surface area contributed by atoms with Gasteiger partial charge in [-0.05, 0) is 70.6 Å². The molecular weight excluding hydrogens is 776 g/mol. The molecule has 4 N–H and O–H groups in total. The number of anilines is 2. The Morgan fingerprint density at radius 1 is 0.833 bits per heavy atom. The van der Waals surface area contributed by atoms with Crippen molar-refractivity contribution in [2.75, 3.05) is 10.6 Å². The first-order valence-corrected chi connectivity index (χ1v) is 14.9. The molecule has 0 saturated heterocycles. The maximum atomic E-state index is 15.0. The molecule has 0 aliphatic heterocycles. The molecule has 23 heteroatoms. The molecular formula is C31H20ClF10N7O5. The van der Waals surface area contributed by atoms with Crippen molar-refractivity contribution in [1.82, 2.24) is 25.5 Å². The van der Waals surface area contributed by atoms with Crippen LogP contribution in [-0.2, 0) is 20.8 Å². The number of carbonyl (C=O) groups is 4. The van der Waals surface area contributed by atoms with E-state index in [-0.39, 0.29) is 33.1 Å². The number of carboxylic acid groups (broad SMARTS) is 1. The van der Waals surface area contributed by atoms with Crippen molar-refractivity contribution < 1.29 is 68.2 Å². The number of aromatic nitrogens is 4. The van der Waals surface area contributed by atoms with Gasteiger partial charge in [0.2, 0.25) is 11.8 Å². The highest BCUT2D eigenvalue weighted by atomic mass is 35.5. The van der Waals surface area contributed by atoms with E-state index in [1.165, 1.54) is 24.3 Å². The summed E-state index contributed by atoms with van der Waals surface area (Å²) in [6, 6.07) is 9.16. The minimum absolute atomic E-state index is 0.0489. The van der Waals surface area contributed by atoms with E-state index in [0.717, 1.165) is 64.9 Å². The van der Waals surface area contributed by atoms with Gasteiger partial charge in [-0.3, -0.25) is 14.4 Å². The fourth-order valence-corrected chi connectivity index (χ4v) is 4.55. The van der Waals surface area contributed by atoms with Crippen LogP contribution in [0.3, 0.4) is 0 Å². The largest absolute Gasteiger partial charge is 0.478 e. The normalized spacial score (nSPS) is 13.0. The number of aromatic carboxylic acids is 1. The molecule has 0 radical (unpaired) electrons. The van der Waals surface area contributed by atoms with Crippen LogP contribution in [0.2, 0.25) is 5.02 Å². The summed E-state index contributed by atoms with van der Waals surface area (Å²) in [5.74, 6) is -28.5. The van der Waals surface area contributed by atoms with Crippen molar-refractivity contribution in [3.8, 4) is 5.69 Å². The molecule has 4 rings (SSSR count). The Bertz CT molecular complexity index is 2060. The number of nitrogens with zero attached hydrogens (tertiary/aromatic N) is 4. The quantitative estimate of drug-likeness (QED) is 0.0953. The van der Waals surface area contributed by atoms with Gasteiger partial charge in [0.1, 0.15) is 12.4 Å². The molecule has 0 bridgehead atoms. The second kappa shape index (κ2) is 15.5. The van der Waals surface area contributed by atoms with Crippen LogP contribution in [0, 0.1) is 5.82 Å². The van der Waals surface area contributed by atoms with Crippen LogP contribution in [-0.4, -0.2) is 79.0 Å². The van der Waals surface area contributed by atoms with Crippen molar-refractivity contribution in [1.29, 1.82) is 0 Å². The van der Waals surface area contributed by atoms with Gasteiger partial charge in [0, 0.05) is 29.4 Å². The summed E-state index contributed by atoms with van der Waals surface area (Å²) in [6.07, 6.45) is -4.69. The topological polar surface area (TPSA) is 168 Å². The summed E-state index contributed by atoms with van der Waals surface area (Å²) in [7, 11) is 0. The van der Waals surface area contributed by atoms with E-state index in [4.69, 9.17) is 16.7 Å². The highest BCUT2D eigenvalue weighted by Gasteiger charge is 2.83. The van der Waals surface area contributed by atoms with Gasteiger partial charge in [-0.15, -0.1) is 5.10 Å². The van der Waals surface area contributed by atoms with Gasteiger partial charge in [-0.2, -0.15) is 44.2 Å². The average Bonchev–Trinajstić information content (AvgIpc) is 3.64. The van der Waals surface area contributed by atoms with E-state index in [1.807, 2.05) is 0 Å². The SMILES string of the molecule is O=C(/C=C/c1c(-n2cnnn2)ccc(Cl)c1F)N[C@@H](Cc1ccc(NC(=O)C(F)(F)C(F)(F)C(F)(F)C(F)(F)F)cc1)C(=O)Nc1ccc(C(=O)O)cc1. The Balaban J connectivity index is 1.56. The smallest absolute Gasteiger partial charge is 0.460 e. The van der Waals surface area contributed by atoms with Crippen molar-refractivity contribution >= 4 is 52.7 Å². The number of rotatable bonds is 13. The van der Waals surface area contributed by atoms with Crippen molar-refractivity contribution in [3.63, 3.8) is 0 Å². The zero-order valence-electron chi connectivity index (χ0n) is 26.3. The van der Waals surface area contributed by atoms with E-state index < -0.39 is 71.6 Å². The number of amides is 3. The molecule has 3 aromatic carbocycles. The summed E-state index contributed by atoms with van der Waals surface area (Å²) < 4.78 is 135. The molecule has 54 heavy (non-hydrogen) atoms. The van der Waals surface area contributed by atoms with Crippen LogP contribution in [0.25, 0.3) is 11.8 Å². The number of alkyl halides is 9. The Morgan fingerprint density at radius 2 is 1.43 bits per heavy atom. The zero-order valence-corrected chi connectivity index (χ0v) is 27.1. The Hall–Kier alpha value is -6.06. The first kappa shape index (κ1) is 40.7. The molecule has 3 amide bonds. The zero-order chi connectivity index (χ0) is 40.2. The number of nitrogens with one attached hydrogen (secondary N) is 3. The fraction of sp³-hybridized carbons (Fsp3) is 0.194. The lowest BCUT2D eigenvalue weighted by atomic mass is 10.0. The highest BCUT2D eigenvalue weighted by Crippen LogP contribution is 2.53. The third kappa shape index (κ3) is 8.59. The summed E-state index contributed by atoms with van der Waals surface area (Å²) in [5, 5.41) is 25.2. The summed E-state index contributed by atoms with van der Waals surface area (Å²) in [4.78, 5) is 49.3. The van der Waals surface area contributed by atoms with Gasteiger partial charge in [0.05, 0.1) is 16.3 Å². The van der Waals surface area contributed by atoms with Gasteiger partial charge in [-0.1, -0.05) is 23.7 Å². The predicted molar refractivity (Wildman–Crippen MR) is 167 cm³/mol. The number of carboxylic acids is 1. The molecule has 0 fully saturated rings. The van der Waals surface area contributed by atoms with Gasteiger partial charge in [0.15, 0.2) is 5.82 Å². The number of benzene rings is 3. The molecule has 0 aliphatic rings. The second-order valence-corrected chi connectivity index (χ2v) is 11.3. The molecule has 1 aromatic heterocycles. The summed E-state index contributed by atoms with van der Waals surface area (Å²) >= 11 is 5.88. The number of halogens is 11. The first-order valence-electron chi connectivity index (χ1n) is 14.5. The van der Waals surface area contributed by atoms with Crippen LogP contribution in [0.5, 0.6) is 0 Å². The summed E-state index contributed by atoms with van der Waals surface area (Å²) in [6.45, 7) is 0. The minimum atomic E-state index is -7.29. The van der Waals surface area contributed by atoms with Gasteiger partial charge in [0.25, 0.3) is 0 Å². The predicted octanol–water partition coefficient (Wildman–Crippen LogP) is 5.94. The Morgan fingerprint density at radius 3 is 1.98 bits per heavy atom. The molecule has 0 spiro atoms. The van der Waals surface area contributed by atoms with Crippen LogP contribution in [0.1, 0.15) is 21.5 Å². The van der Waals surface area contributed by atoms with E-state index >= 15 is 0 Å². The Labute approximate surface area is 299 Å². The van der Waals surface area contributed by atoms with Crippen LogP contribution < -0.4 is 16.0 Å². The molecule has 1 atom stereocenters. The molecule has 0 saturated carbocycles. The summed E-state index contributed by atoms with van der Waals surface area (Å²) in [5.41, 5.74) is -1.01. The van der Waals surface area contributed by atoms with Crippen LogP contribution in [0.15, 0.2) is 73.1 Å². The molecule has 0 aliphatic carbocycles. The maximum absolute atomic E-state index is 15.0. The van der Waals surface area contributed by atoms with Crippen molar-refractivity contribution in [2.24, 2.45) is 0 Å². The molecule has 0 unspecified atom stereocenters. The maximum Gasteiger partial charge on any atom is 0.460 e. The van der Waals surface area contributed by atoms with Crippen molar-refractivity contribution in [2.45, 2.75) is 36.4 Å². The highest BCUT2D eigenvalue weighted by molar-refractivity contribution is 6.31. The minimum Gasteiger partial charge on any atom is -0.478 e. The van der Waals surface area contributed by atoms with E-state index in [1.54, 1.807) is 0 Å². The standard InChI is InChI=1S/C31H20ClF10N7O5/c32-20-10-11-22(49-14-43-47-48-49)19(24(20)33)9-12-23(50)46-21(25(51)44-17-7-3-16(4-8-17)26(52)53)13-15-1-5-18(6-2-15)45-27(54)28(34,35)29(36,37)30(38,39)31(40,41)42/h1-12,14,21H,13H2,(H,44,51)(H,45,54)(H,46,50)(H,52,53)/b12-9+/t21-/m0/s1. The van der Waals surface area contributed by atoms with E-state index in [0.29, 0.717) is 0 Å². The molecule has 286 valence electrons. The third-order valence-corrected chi connectivity index (χ3v) is 7.51. The number of hydrogen-bond donors (Lipinski definition) is 4. The lowest BCUT2D eigenvalue weighted by molar-refractivity contribution is -0.388. The number of carbonyl (C=O) groups excluding carboxylic acids is 3. The van der Waals surface area contributed by atoms with Gasteiger partial charge in [-0.25, -0.2) is 9.18 Å². The van der Waals surface area contributed by atoms with Crippen molar-refractivity contribution in [3.05, 3.63) is 101 Å². The lowest BCUT2D eigenvalue weighted by Crippen LogP contribution is -2.64. The number of tetrazole rings is 1. The molecule has 4 aromatic rings. The fourth-order valence-electron chi connectivity index (χ4n) is 4.39. The van der Waals surface area contributed by atoms with E-state index in [2.05, 4.69) is 26.2 Å². The van der Waals surface area contributed by atoms with Crippen LogP contribution in [0.4, 0.5) is 55.3 Å². The lowest BCUT2D eigenvalue weighted by Gasteiger charge is -2.32. The monoisotopic (exact) mass is 795 g/mol. The molecule has 12 nitrogen and oxygen atoms in total. The third-order valence-electron chi connectivity index (χ3n) is 7.22.